The third-order valence-corrected chi connectivity index (χ3v) is 7.35. The first-order valence-electron chi connectivity index (χ1n) is 9.13. The van der Waals surface area contributed by atoms with Gasteiger partial charge in [-0.3, -0.25) is 4.79 Å². The highest BCUT2D eigenvalue weighted by molar-refractivity contribution is 9.10. The van der Waals surface area contributed by atoms with Gasteiger partial charge in [-0.1, -0.05) is 15.9 Å². The Bertz CT molecular complexity index is 971. The number of carbonyl (C=O) groups excluding carboxylic acids is 1. The Morgan fingerprint density at radius 1 is 1.03 bits per heavy atom. The van der Waals surface area contributed by atoms with Crippen molar-refractivity contribution in [1.82, 2.24) is 4.31 Å². The van der Waals surface area contributed by atoms with Crippen molar-refractivity contribution in [2.45, 2.75) is 17.7 Å². The second kappa shape index (κ2) is 9.15. The molecule has 2 aromatic rings. The molecule has 0 bridgehead atoms. The number of piperidine rings is 1. The van der Waals surface area contributed by atoms with Crippen LogP contribution in [0.5, 0.6) is 11.5 Å². The number of halogens is 1. The highest BCUT2D eigenvalue weighted by atomic mass is 79.9. The molecule has 29 heavy (non-hydrogen) atoms. The molecule has 0 spiro atoms. The van der Waals surface area contributed by atoms with Gasteiger partial charge in [-0.15, -0.1) is 0 Å². The molecule has 1 N–H and O–H groups in total. The highest BCUT2D eigenvalue weighted by Gasteiger charge is 2.32. The van der Waals surface area contributed by atoms with Crippen LogP contribution in [-0.2, 0) is 14.8 Å². The fourth-order valence-electron chi connectivity index (χ4n) is 3.26. The van der Waals surface area contributed by atoms with E-state index in [1.807, 2.05) is 24.3 Å². The van der Waals surface area contributed by atoms with E-state index in [1.165, 1.54) is 30.7 Å². The Kier molecular flexibility index (Phi) is 6.81. The van der Waals surface area contributed by atoms with Crippen LogP contribution in [0.25, 0.3) is 0 Å². The van der Waals surface area contributed by atoms with Crippen molar-refractivity contribution in [2.75, 3.05) is 32.6 Å². The average molecular weight is 483 g/mol. The first-order valence-corrected chi connectivity index (χ1v) is 11.4. The molecule has 1 saturated heterocycles. The van der Waals surface area contributed by atoms with Crippen LogP contribution in [0.15, 0.2) is 51.8 Å². The lowest BCUT2D eigenvalue weighted by Gasteiger charge is -2.30. The zero-order chi connectivity index (χ0) is 21.0. The molecular formula is C20H23BrN2O5S. The topological polar surface area (TPSA) is 84.9 Å². The Labute approximate surface area is 179 Å². The molecule has 1 aliphatic rings. The fraction of sp³-hybridized carbons (Fsp3) is 0.350. The Hall–Kier alpha value is -2.10. The van der Waals surface area contributed by atoms with Gasteiger partial charge in [0, 0.05) is 35.2 Å². The van der Waals surface area contributed by atoms with Crippen LogP contribution in [0.3, 0.4) is 0 Å². The molecule has 3 rings (SSSR count). The number of carbonyl (C=O) groups is 1. The van der Waals surface area contributed by atoms with Crippen molar-refractivity contribution in [2.24, 2.45) is 5.92 Å². The third-order valence-electron chi connectivity index (χ3n) is 4.93. The molecule has 1 amide bonds. The quantitative estimate of drug-likeness (QED) is 0.680. The number of methoxy groups -OCH3 is 2. The summed E-state index contributed by atoms with van der Waals surface area (Å²) in [7, 11) is -0.713. The molecule has 0 aliphatic carbocycles. The van der Waals surface area contributed by atoms with Crippen molar-refractivity contribution in [3.63, 3.8) is 0 Å². The van der Waals surface area contributed by atoms with Gasteiger partial charge in [0.1, 0.15) is 0 Å². The van der Waals surface area contributed by atoms with E-state index in [0.717, 1.165) is 10.2 Å². The van der Waals surface area contributed by atoms with Gasteiger partial charge in [0.2, 0.25) is 15.9 Å². The molecular weight excluding hydrogens is 460 g/mol. The van der Waals surface area contributed by atoms with E-state index >= 15 is 0 Å². The molecule has 7 nitrogen and oxygen atoms in total. The number of sulfonamides is 1. The van der Waals surface area contributed by atoms with Crippen LogP contribution in [-0.4, -0.2) is 45.9 Å². The second-order valence-electron chi connectivity index (χ2n) is 6.69. The lowest BCUT2D eigenvalue weighted by Crippen LogP contribution is -2.41. The summed E-state index contributed by atoms with van der Waals surface area (Å²) >= 11 is 3.36. The first-order chi connectivity index (χ1) is 13.8. The SMILES string of the molecule is COc1ccc(S(=O)(=O)N2CCC(C(=O)Nc3ccc(Br)cc3)CC2)cc1OC. The number of ether oxygens (including phenoxy) is 2. The van der Waals surface area contributed by atoms with Crippen molar-refractivity contribution < 1.29 is 22.7 Å². The molecule has 0 saturated carbocycles. The van der Waals surface area contributed by atoms with Crippen molar-refractivity contribution >= 4 is 37.5 Å². The maximum atomic E-state index is 13.0. The van der Waals surface area contributed by atoms with Gasteiger partial charge in [0.05, 0.1) is 19.1 Å². The number of nitrogens with zero attached hydrogens (tertiary/aromatic N) is 1. The summed E-state index contributed by atoms with van der Waals surface area (Å²) in [5, 5.41) is 2.89. The summed E-state index contributed by atoms with van der Waals surface area (Å²) < 4.78 is 38.7. The van der Waals surface area contributed by atoms with E-state index < -0.39 is 10.0 Å². The largest absolute Gasteiger partial charge is 0.493 e. The maximum absolute atomic E-state index is 13.0. The van der Waals surface area contributed by atoms with Crippen LogP contribution in [0.2, 0.25) is 0 Å². The van der Waals surface area contributed by atoms with Crippen LogP contribution in [0.1, 0.15) is 12.8 Å². The molecule has 0 atom stereocenters. The number of hydrogen-bond donors (Lipinski definition) is 1. The Balaban J connectivity index is 1.65. The molecule has 1 fully saturated rings. The molecule has 156 valence electrons. The summed E-state index contributed by atoms with van der Waals surface area (Å²) in [6.45, 7) is 0.574. The van der Waals surface area contributed by atoms with Crippen LogP contribution < -0.4 is 14.8 Å². The van der Waals surface area contributed by atoms with Gasteiger partial charge in [0.15, 0.2) is 11.5 Å². The zero-order valence-corrected chi connectivity index (χ0v) is 18.6. The van der Waals surface area contributed by atoms with Crippen LogP contribution in [0, 0.1) is 5.92 Å². The molecule has 1 heterocycles. The minimum Gasteiger partial charge on any atom is -0.493 e. The summed E-state index contributed by atoms with van der Waals surface area (Å²) in [5.74, 6) is 0.512. The van der Waals surface area contributed by atoms with Crippen LogP contribution in [0.4, 0.5) is 5.69 Å². The van der Waals surface area contributed by atoms with Crippen molar-refractivity contribution in [1.29, 1.82) is 0 Å². The van der Waals surface area contributed by atoms with Crippen molar-refractivity contribution in [3.8, 4) is 11.5 Å². The predicted molar refractivity (Wildman–Crippen MR) is 114 cm³/mol. The van der Waals surface area contributed by atoms with Gasteiger partial charge >= 0.3 is 0 Å². The van der Waals surface area contributed by atoms with E-state index in [-0.39, 0.29) is 29.8 Å². The summed E-state index contributed by atoms with van der Waals surface area (Å²) in [6, 6.07) is 11.9. The van der Waals surface area contributed by atoms with Crippen molar-refractivity contribution in [3.05, 3.63) is 46.9 Å². The number of benzene rings is 2. The lowest BCUT2D eigenvalue weighted by atomic mass is 9.97. The normalized spacial score (nSPS) is 15.7. The Morgan fingerprint density at radius 2 is 1.66 bits per heavy atom. The molecule has 1 aliphatic heterocycles. The lowest BCUT2D eigenvalue weighted by molar-refractivity contribution is -0.120. The minimum atomic E-state index is -3.67. The summed E-state index contributed by atoms with van der Waals surface area (Å²) in [6.07, 6.45) is 0.934. The predicted octanol–water partition coefficient (Wildman–Crippen LogP) is 3.51. The van der Waals surface area contributed by atoms with E-state index in [0.29, 0.717) is 24.3 Å². The monoisotopic (exact) mass is 482 g/mol. The average Bonchev–Trinajstić information content (AvgIpc) is 2.74. The third kappa shape index (κ3) is 4.91. The summed E-state index contributed by atoms with van der Waals surface area (Å²) in [4.78, 5) is 12.7. The van der Waals surface area contributed by atoms with Gasteiger partial charge in [-0.25, -0.2) is 8.42 Å². The first kappa shape index (κ1) is 21.6. The molecule has 9 heteroatoms. The number of nitrogens with one attached hydrogen (secondary N) is 1. The standard InChI is InChI=1S/C20H23BrN2O5S/c1-27-18-8-7-17(13-19(18)28-2)29(25,26)23-11-9-14(10-12-23)20(24)22-16-5-3-15(21)4-6-16/h3-8,13-14H,9-12H2,1-2H3,(H,22,24). The zero-order valence-electron chi connectivity index (χ0n) is 16.2. The van der Waals surface area contributed by atoms with Gasteiger partial charge < -0.3 is 14.8 Å². The molecule has 0 radical (unpaired) electrons. The second-order valence-corrected chi connectivity index (χ2v) is 9.54. The maximum Gasteiger partial charge on any atom is 0.243 e. The van der Waals surface area contributed by atoms with E-state index in [4.69, 9.17) is 9.47 Å². The van der Waals surface area contributed by atoms with Gasteiger partial charge in [-0.05, 0) is 49.2 Å². The molecule has 0 aromatic heterocycles. The number of rotatable bonds is 6. The van der Waals surface area contributed by atoms with E-state index in [9.17, 15) is 13.2 Å². The summed E-state index contributed by atoms with van der Waals surface area (Å²) in [5.41, 5.74) is 0.721. The number of amides is 1. The van der Waals surface area contributed by atoms with Gasteiger partial charge in [-0.2, -0.15) is 4.31 Å². The molecule has 0 unspecified atom stereocenters. The number of anilines is 1. The van der Waals surface area contributed by atoms with Gasteiger partial charge in [0.25, 0.3) is 0 Å². The minimum absolute atomic E-state index is 0.0875. The fourth-order valence-corrected chi connectivity index (χ4v) is 5.01. The Morgan fingerprint density at radius 3 is 2.24 bits per heavy atom. The smallest absolute Gasteiger partial charge is 0.243 e. The number of hydrogen-bond acceptors (Lipinski definition) is 5. The highest BCUT2D eigenvalue weighted by Crippen LogP contribution is 2.32. The van der Waals surface area contributed by atoms with E-state index in [1.54, 1.807) is 6.07 Å². The van der Waals surface area contributed by atoms with E-state index in [2.05, 4.69) is 21.2 Å². The molecule has 2 aromatic carbocycles. The van der Waals surface area contributed by atoms with Crippen LogP contribution >= 0.6 is 15.9 Å².